The number of anilines is 3. The second-order valence-electron chi connectivity index (χ2n) is 8.90. The molecule has 2 amide bonds. The van der Waals surface area contributed by atoms with Crippen molar-refractivity contribution in [3.05, 3.63) is 66.6 Å². The lowest BCUT2D eigenvalue weighted by atomic mass is 9.81. The molecule has 2 heterocycles. The number of nitrogens with zero attached hydrogens (tertiary/aromatic N) is 5. The first-order valence-corrected chi connectivity index (χ1v) is 12.1. The van der Waals surface area contributed by atoms with Crippen LogP contribution in [0.4, 0.5) is 22.2 Å². The minimum atomic E-state index is -0.827. The SMILES string of the molecule is C=CC(=O)NC1CCC[C@@H](Nc2nnc(C(N)=O)c(Nc3cnn(C(=O)OCc4ccccc4)c3)n2)[C@H]1C. The minimum absolute atomic E-state index is 0.0327. The molecule has 1 fully saturated rings. The molecule has 1 unspecified atom stereocenters. The number of benzene rings is 1. The van der Waals surface area contributed by atoms with Gasteiger partial charge in [0.2, 0.25) is 11.9 Å². The first-order valence-electron chi connectivity index (χ1n) is 12.1. The number of amides is 2. The van der Waals surface area contributed by atoms with Gasteiger partial charge in [-0.05, 0) is 36.8 Å². The maximum Gasteiger partial charge on any atom is 0.435 e. The monoisotopic (exact) mass is 519 g/mol. The van der Waals surface area contributed by atoms with Crippen molar-refractivity contribution in [2.75, 3.05) is 10.6 Å². The van der Waals surface area contributed by atoms with E-state index in [1.54, 1.807) is 0 Å². The Morgan fingerprint density at radius 1 is 1.18 bits per heavy atom. The summed E-state index contributed by atoms with van der Waals surface area (Å²) in [6.45, 7) is 5.63. The number of primary amides is 1. The van der Waals surface area contributed by atoms with Crippen LogP contribution >= 0.6 is 0 Å². The predicted octanol–water partition coefficient (Wildman–Crippen LogP) is 2.37. The second kappa shape index (κ2) is 12.0. The summed E-state index contributed by atoms with van der Waals surface area (Å²) in [4.78, 5) is 40.5. The van der Waals surface area contributed by atoms with Crippen molar-refractivity contribution >= 4 is 35.4 Å². The van der Waals surface area contributed by atoms with Crippen LogP contribution in [0.2, 0.25) is 0 Å². The molecular formula is C25H29N9O4. The fourth-order valence-corrected chi connectivity index (χ4v) is 4.23. The van der Waals surface area contributed by atoms with Crippen molar-refractivity contribution in [3.63, 3.8) is 0 Å². The average Bonchev–Trinajstić information content (AvgIpc) is 3.38. The van der Waals surface area contributed by atoms with Crippen LogP contribution in [0, 0.1) is 5.92 Å². The molecule has 0 spiro atoms. The summed E-state index contributed by atoms with van der Waals surface area (Å²) in [5, 5.41) is 21.1. The molecule has 0 aliphatic heterocycles. The molecule has 3 atom stereocenters. The Morgan fingerprint density at radius 2 is 1.95 bits per heavy atom. The van der Waals surface area contributed by atoms with E-state index in [2.05, 4.69) is 42.8 Å². The topological polar surface area (TPSA) is 179 Å². The Balaban J connectivity index is 1.44. The van der Waals surface area contributed by atoms with Crippen molar-refractivity contribution in [1.29, 1.82) is 0 Å². The third-order valence-electron chi connectivity index (χ3n) is 6.28. The van der Waals surface area contributed by atoms with E-state index in [-0.39, 0.29) is 48.0 Å². The maximum absolute atomic E-state index is 12.4. The third-order valence-corrected chi connectivity index (χ3v) is 6.28. The van der Waals surface area contributed by atoms with Gasteiger partial charge < -0.3 is 26.4 Å². The van der Waals surface area contributed by atoms with Gasteiger partial charge in [0.05, 0.1) is 18.1 Å². The Hall–Kier alpha value is -4.81. The lowest BCUT2D eigenvalue weighted by molar-refractivity contribution is -0.117. The summed E-state index contributed by atoms with van der Waals surface area (Å²) in [7, 11) is 0. The average molecular weight is 520 g/mol. The molecule has 1 aliphatic rings. The largest absolute Gasteiger partial charge is 0.443 e. The van der Waals surface area contributed by atoms with Gasteiger partial charge in [-0.2, -0.15) is 14.8 Å². The summed E-state index contributed by atoms with van der Waals surface area (Å²) in [5.41, 5.74) is 6.48. The van der Waals surface area contributed by atoms with Gasteiger partial charge in [-0.25, -0.2) is 4.79 Å². The van der Waals surface area contributed by atoms with Crippen LogP contribution in [-0.2, 0) is 16.1 Å². The number of aromatic nitrogens is 5. The van der Waals surface area contributed by atoms with Crippen LogP contribution < -0.4 is 21.7 Å². The Labute approximate surface area is 218 Å². The fraction of sp³-hybridized carbons (Fsp3) is 0.320. The molecule has 13 heteroatoms. The Bertz CT molecular complexity index is 1310. The highest BCUT2D eigenvalue weighted by Gasteiger charge is 2.31. The van der Waals surface area contributed by atoms with Crippen LogP contribution in [0.5, 0.6) is 0 Å². The summed E-state index contributed by atoms with van der Waals surface area (Å²) in [6, 6.07) is 9.17. The van der Waals surface area contributed by atoms with Gasteiger partial charge in [0.25, 0.3) is 5.91 Å². The summed E-state index contributed by atoms with van der Waals surface area (Å²) < 4.78 is 6.29. The van der Waals surface area contributed by atoms with Crippen LogP contribution in [-0.4, -0.2) is 55.0 Å². The van der Waals surface area contributed by atoms with E-state index in [4.69, 9.17) is 10.5 Å². The lowest BCUT2D eigenvalue weighted by Gasteiger charge is -2.36. The van der Waals surface area contributed by atoms with Crippen molar-refractivity contribution in [3.8, 4) is 0 Å². The van der Waals surface area contributed by atoms with Gasteiger partial charge in [-0.1, -0.05) is 43.8 Å². The van der Waals surface area contributed by atoms with E-state index in [9.17, 15) is 14.4 Å². The van der Waals surface area contributed by atoms with Crippen molar-refractivity contribution in [2.24, 2.45) is 11.7 Å². The molecular weight excluding hydrogens is 490 g/mol. The maximum atomic E-state index is 12.4. The number of carbonyl (C=O) groups is 3. The van der Waals surface area contributed by atoms with Crippen molar-refractivity contribution < 1.29 is 19.1 Å². The number of hydrogen-bond donors (Lipinski definition) is 4. The zero-order chi connectivity index (χ0) is 27.1. The van der Waals surface area contributed by atoms with Gasteiger partial charge >= 0.3 is 6.09 Å². The molecule has 1 saturated carbocycles. The lowest BCUT2D eigenvalue weighted by Crippen LogP contribution is -2.48. The predicted molar refractivity (Wildman–Crippen MR) is 138 cm³/mol. The standard InChI is InChI=1S/C25H29N9O4/c1-3-20(35)29-18-10-7-11-19(15(18)2)30-24-31-23(21(22(26)36)32-33-24)28-17-12-27-34(13-17)25(37)38-14-16-8-5-4-6-9-16/h3-6,8-9,12-13,15,18-19H,1,7,10-11,14H2,2H3,(H2,26,36)(H,29,35)(H2,28,30,31,33)/t15-,18?,19+/m0/s1. The molecule has 38 heavy (non-hydrogen) atoms. The first-order chi connectivity index (χ1) is 18.3. The quantitative estimate of drug-likeness (QED) is 0.307. The number of nitrogens with two attached hydrogens (primary N) is 1. The van der Waals surface area contributed by atoms with Gasteiger partial charge in [0.15, 0.2) is 11.5 Å². The molecule has 0 radical (unpaired) electrons. The highest BCUT2D eigenvalue weighted by Crippen LogP contribution is 2.27. The van der Waals surface area contributed by atoms with E-state index >= 15 is 0 Å². The van der Waals surface area contributed by atoms with E-state index in [1.165, 1.54) is 18.5 Å². The van der Waals surface area contributed by atoms with Crippen molar-refractivity contribution in [2.45, 2.75) is 44.9 Å². The molecule has 2 aromatic heterocycles. The number of rotatable bonds is 9. The molecule has 198 valence electrons. The highest BCUT2D eigenvalue weighted by atomic mass is 16.6. The molecule has 5 N–H and O–H groups in total. The van der Waals surface area contributed by atoms with Crippen LogP contribution in [0.1, 0.15) is 42.2 Å². The van der Waals surface area contributed by atoms with Crippen molar-refractivity contribution in [1.82, 2.24) is 30.3 Å². The molecule has 0 saturated heterocycles. The van der Waals surface area contributed by atoms with Crippen LogP contribution in [0.25, 0.3) is 0 Å². The van der Waals surface area contributed by atoms with Gasteiger partial charge in [0.1, 0.15) is 6.61 Å². The molecule has 3 aromatic rings. The van der Waals surface area contributed by atoms with Gasteiger partial charge in [0, 0.05) is 12.1 Å². The van der Waals surface area contributed by atoms with E-state index in [0.717, 1.165) is 29.5 Å². The summed E-state index contributed by atoms with van der Waals surface area (Å²) >= 11 is 0. The molecule has 13 nitrogen and oxygen atoms in total. The summed E-state index contributed by atoms with van der Waals surface area (Å²) in [6.07, 6.45) is 5.92. The second-order valence-corrected chi connectivity index (χ2v) is 8.90. The number of ether oxygens (including phenoxy) is 1. The van der Waals surface area contributed by atoms with Crippen LogP contribution in [0.15, 0.2) is 55.4 Å². The molecule has 4 rings (SSSR count). The van der Waals surface area contributed by atoms with E-state index in [0.29, 0.717) is 5.69 Å². The molecule has 1 aromatic carbocycles. The fourth-order valence-electron chi connectivity index (χ4n) is 4.23. The van der Waals surface area contributed by atoms with E-state index in [1.807, 2.05) is 37.3 Å². The van der Waals surface area contributed by atoms with Gasteiger partial charge in [-0.3, -0.25) is 9.59 Å². The van der Waals surface area contributed by atoms with Gasteiger partial charge in [-0.15, -0.1) is 10.2 Å². The first kappa shape index (κ1) is 26.3. The number of hydrogen-bond acceptors (Lipinski definition) is 10. The molecule has 1 aliphatic carbocycles. The number of nitrogens with one attached hydrogen (secondary N) is 3. The highest BCUT2D eigenvalue weighted by molar-refractivity contribution is 5.96. The normalized spacial score (nSPS) is 18.7. The molecule has 0 bridgehead atoms. The Kier molecular flexibility index (Phi) is 8.26. The zero-order valence-electron chi connectivity index (χ0n) is 20.8. The number of carbonyl (C=O) groups excluding carboxylic acids is 3. The van der Waals surface area contributed by atoms with E-state index < -0.39 is 12.0 Å². The smallest absolute Gasteiger partial charge is 0.435 e. The Morgan fingerprint density at radius 3 is 2.68 bits per heavy atom. The zero-order valence-corrected chi connectivity index (χ0v) is 20.8. The summed E-state index contributed by atoms with van der Waals surface area (Å²) in [5.74, 6) is -0.746. The third kappa shape index (κ3) is 6.49. The minimum Gasteiger partial charge on any atom is -0.443 e. The van der Waals surface area contributed by atoms with Crippen LogP contribution in [0.3, 0.4) is 0 Å².